The quantitative estimate of drug-likeness (QED) is 0.897. The second-order valence-corrected chi connectivity index (χ2v) is 4.26. The fourth-order valence-electron chi connectivity index (χ4n) is 1.18. The topological polar surface area (TPSA) is 21.3 Å². The van der Waals surface area contributed by atoms with E-state index >= 15 is 0 Å². The molecule has 0 aliphatic rings. The number of alkyl halides is 3. The molecule has 17 heavy (non-hydrogen) atoms. The molecule has 6 heteroatoms. The van der Waals surface area contributed by atoms with Gasteiger partial charge in [-0.2, -0.15) is 0 Å². The van der Waals surface area contributed by atoms with Crippen LogP contribution in [0, 0.1) is 0 Å². The Labute approximate surface area is 103 Å². The number of benzene rings is 1. The maximum absolute atomic E-state index is 12.0. The van der Waals surface area contributed by atoms with E-state index in [0.717, 1.165) is 5.56 Å². The first kappa shape index (κ1) is 14.1. The van der Waals surface area contributed by atoms with Gasteiger partial charge in [0.25, 0.3) is 0 Å². The fourth-order valence-corrected chi connectivity index (χ4v) is 1.43. The third-order valence-corrected chi connectivity index (χ3v) is 2.23. The van der Waals surface area contributed by atoms with Crippen molar-refractivity contribution in [2.24, 2.45) is 0 Å². The Bertz CT molecular complexity index is 379. The number of rotatable bonds is 4. The third kappa shape index (κ3) is 5.28. The van der Waals surface area contributed by atoms with Gasteiger partial charge in [0.1, 0.15) is 5.75 Å². The highest BCUT2D eigenvalue weighted by Gasteiger charge is 2.31. The zero-order valence-corrected chi connectivity index (χ0v) is 10.2. The van der Waals surface area contributed by atoms with Crippen molar-refractivity contribution in [3.8, 4) is 5.75 Å². The summed E-state index contributed by atoms with van der Waals surface area (Å²) in [7, 11) is 0. The van der Waals surface area contributed by atoms with Crippen LogP contribution in [-0.2, 0) is 6.54 Å². The van der Waals surface area contributed by atoms with Crippen LogP contribution in [0.15, 0.2) is 18.2 Å². The average Bonchev–Trinajstić information content (AvgIpc) is 2.17. The first-order chi connectivity index (χ1) is 7.78. The molecule has 0 heterocycles. The summed E-state index contributed by atoms with van der Waals surface area (Å²) in [5.41, 5.74) is 0.804. The van der Waals surface area contributed by atoms with Crippen LogP contribution in [0.1, 0.15) is 19.4 Å². The maximum atomic E-state index is 12.0. The van der Waals surface area contributed by atoms with Crippen molar-refractivity contribution in [3.63, 3.8) is 0 Å². The van der Waals surface area contributed by atoms with Crippen molar-refractivity contribution in [2.75, 3.05) is 0 Å². The van der Waals surface area contributed by atoms with Crippen LogP contribution in [0.25, 0.3) is 0 Å². The number of ether oxygens (including phenoxy) is 1. The Morgan fingerprint density at radius 1 is 1.35 bits per heavy atom. The predicted molar refractivity (Wildman–Crippen MR) is 60.1 cm³/mol. The smallest absolute Gasteiger partial charge is 0.404 e. The van der Waals surface area contributed by atoms with E-state index in [1.807, 2.05) is 13.8 Å². The number of hydrogen-bond acceptors (Lipinski definition) is 2. The van der Waals surface area contributed by atoms with E-state index in [0.29, 0.717) is 12.6 Å². The number of hydrogen-bond donors (Lipinski definition) is 1. The molecule has 96 valence electrons. The van der Waals surface area contributed by atoms with E-state index in [1.54, 1.807) is 6.07 Å². The summed E-state index contributed by atoms with van der Waals surface area (Å²) in [4.78, 5) is 0. The Balaban J connectivity index is 2.72. The summed E-state index contributed by atoms with van der Waals surface area (Å²) < 4.78 is 39.7. The second-order valence-electron chi connectivity index (χ2n) is 3.85. The average molecular weight is 268 g/mol. The molecule has 0 saturated heterocycles. The van der Waals surface area contributed by atoms with Gasteiger partial charge in [0.2, 0.25) is 0 Å². The lowest BCUT2D eigenvalue weighted by Gasteiger charge is -2.12. The molecule has 0 aliphatic heterocycles. The Morgan fingerprint density at radius 2 is 2.00 bits per heavy atom. The molecule has 0 spiro atoms. The Kier molecular flexibility index (Phi) is 4.65. The molecule has 0 saturated carbocycles. The molecule has 0 unspecified atom stereocenters. The van der Waals surface area contributed by atoms with Gasteiger partial charge in [-0.1, -0.05) is 31.5 Å². The molecule has 1 N–H and O–H groups in total. The molecular formula is C11H13ClF3NO. The molecule has 0 aliphatic carbocycles. The SMILES string of the molecule is CC(C)NCc1ccc(OC(F)(F)F)c(Cl)c1. The van der Waals surface area contributed by atoms with Crippen molar-refractivity contribution >= 4 is 11.6 Å². The molecule has 0 radical (unpaired) electrons. The minimum Gasteiger partial charge on any atom is -0.404 e. The van der Waals surface area contributed by atoms with Crippen molar-refractivity contribution < 1.29 is 17.9 Å². The lowest BCUT2D eigenvalue weighted by Crippen LogP contribution is -2.22. The third-order valence-electron chi connectivity index (χ3n) is 1.94. The molecular weight excluding hydrogens is 255 g/mol. The van der Waals surface area contributed by atoms with Gasteiger partial charge in [0.05, 0.1) is 5.02 Å². The van der Waals surface area contributed by atoms with Gasteiger partial charge >= 0.3 is 6.36 Å². The molecule has 0 fully saturated rings. The van der Waals surface area contributed by atoms with Crippen LogP contribution in [0.2, 0.25) is 5.02 Å². The summed E-state index contributed by atoms with van der Waals surface area (Å²) in [6, 6.07) is 4.51. The zero-order valence-electron chi connectivity index (χ0n) is 9.44. The molecule has 0 bridgehead atoms. The van der Waals surface area contributed by atoms with Crippen LogP contribution < -0.4 is 10.1 Å². The van der Waals surface area contributed by atoms with Gasteiger partial charge in [-0.15, -0.1) is 13.2 Å². The summed E-state index contributed by atoms with van der Waals surface area (Å²) in [6.07, 6.45) is -4.72. The molecule has 1 aromatic rings. The van der Waals surface area contributed by atoms with Crippen LogP contribution >= 0.6 is 11.6 Å². The van der Waals surface area contributed by atoms with E-state index < -0.39 is 6.36 Å². The highest BCUT2D eigenvalue weighted by Crippen LogP contribution is 2.30. The van der Waals surface area contributed by atoms with Gasteiger partial charge in [-0.05, 0) is 17.7 Å². The van der Waals surface area contributed by atoms with E-state index in [-0.39, 0.29) is 10.8 Å². The van der Waals surface area contributed by atoms with E-state index in [1.165, 1.54) is 12.1 Å². The highest BCUT2D eigenvalue weighted by molar-refractivity contribution is 6.32. The van der Waals surface area contributed by atoms with Crippen molar-refractivity contribution in [2.45, 2.75) is 32.8 Å². The van der Waals surface area contributed by atoms with E-state index in [2.05, 4.69) is 10.1 Å². The van der Waals surface area contributed by atoms with Gasteiger partial charge in [-0.25, -0.2) is 0 Å². The molecule has 2 nitrogen and oxygen atoms in total. The Morgan fingerprint density at radius 3 is 2.47 bits per heavy atom. The summed E-state index contributed by atoms with van der Waals surface area (Å²) in [6.45, 7) is 4.50. The minimum atomic E-state index is -4.72. The van der Waals surface area contributed by atoms with Gasteiger partial charge in [0.15, 0.2) is 0 Å². The predicted octanol–water partition coefficient (Wildman–Crippen LogP) is 3.74. The molecule has 1 rings (SSSR count). The first-order valence-electron chi connectivity index (χ1n) is 5.05. The van der Waals surface area contributed by atoms with Crippen LogP contribution in [0.5, 0.6) is 5.75 Å². The Hall–Kier alpha value is -0.940. The fraction of sp³-hybridized carbons (Fsp3) is 0.455. The van der Waals surface area contributed by atoms with Crippen LogP contribution in [0.4, 0.5) is 13.2 Å². The van der Waals surface area contributed by atoms with Gasteiger partial charge in [-0.3, -0.25) is 0 Å². The van der Waals surface area contributed by atoms with Crippen molar-refractivity contribution in [3.05, 3.63) is 28.8 Å². The minimum absolute atomic E-state index is 0.0506. The summed E-state index contributed by atoms with van der Waals surface area (Å²) in [5, 5.41) is 3.08. The lowest BCUT2D eigenvalue weighted by atomic mass is 10.2. The summed E-state index contributed by atoms with van der Waals surface area (Å²) in [5.74, 6) is -0.382. The van der Waals surface area contributed by atoms with Crippen LogP contribution in [0.3, 0.4) is 0 Å². The van der Waals surface area contributed by atoms with E-state index in [9.17, 15) is 13.2 Å². The number of nitrogens with one attached hydrogen (secondary N) is 1. The molecule has 1 aromatic carbocycles. The standard InChI is InChI=1S/C11H13ClF3NO/c1-7(2)16-6-8-3-4-10(9(12)5-8)17-11(13,14)15/h3-5,7,16H,6H2,1-2H3. The van der Waals surface area contributed by atoms with Crippen LogP contribution in [-0.4, -0.2) is 12.4 Å². The maximum Gasteiger partial charge on any atom is 0.573 e. The number of halogens is 4. The summed E-state index contributed by atoms with van der Waals surface area (Å²) >= 11 is 5.70. The highest BCUT2D eigenvalue weighted by atomic mass is 35.5. The van der Waals surface area contributed by atoms with Crippen molar-refractivity contribution in [1.29, 1.82) is 0 Å². The molecule has 0 amide bonds. The van der Waals surface area contributed by atoms with Gasteiger partial charge < -0.3 is 10.1 Å². The largest absolute Gasteiger partial charge is 0.573 e. The monoisotopic (exact) mass is 267 g/mol. The normalized spacial score (nSPS) is 11.9. The second kappa shape index (κ2) is 5.60. The zero-order chi connectivity index (χ0) is 13.1. The van der Waals surface area contributed by atoms with Crippen molar-refractivity contribution in [1.82, 2.24) is 5.32 Å². The molecule has 0 atom stereocenters. The first-order valence-corrected chi connectivity index (χ1v) is 5.43. The van der Waals surface area contributed by atoms with E-state index in [4.69, 9.17) is 11.6 Å². The lowest BCUT2D eigenvalue weighted by molar-refractivity contribution is -0.274. The molecule has 0 aromatic heterocycles. The van der Waals surface area contributed by atoms with Gasteiger partial charge in [0, 0.05) is 12.6 Å².